The Morgan fingerprint density at radius 1 is 1.78 bits per heavy atom. The van der Waals surface area contributed by atoms with Crippen LogP contribution in [0.1, 0.15) is 6.42 Å². The molecule has 9 heavy (non-hydrogen) atoms. The minimum Gasteiger partial charge on any atom is -0.314 e. The smallest absolute Gasteiger partial charge is 0.0989 e. The van der Waals surface area contributed by atoms with Gasteiger partial charge < -0.3 is 5.32 Å². The molecule has 0 radical (unpaired) electrons. The van der Waals surface area contributed by atoms with Gasteiger partial charge in [0, 0.05) is 12.7 Å². The van der Waals surface area contributed by atoms with E-state index in [9.17, 15) is 0 Å². The van der Waals surface area contributed by atoms with Crippen molar-refractivity contribution in [1.82, 2.24) is 10.8 Å². The first kappa shape index (κ1) is 6.58. The van der Waals surface area contributed by atoms with Gasteiger partial charge in [-0.3, -0.25) is 10.3 Å². The van der Waals surface area contributed by atoms with Crippen LogP contribution in [0, 0.1) is 0 Å². The molecule has 1 heterocycles. The van der Waals surface area contributed by atoms with Crippen LogP contribution in [0.4, 0.5) is 0 Å². The van der Waals surface area contributed by atoms with Gasteiger partial charge in [0.25, 0.3) is 0 Å². The predicted molar refractivity (Wildman–Crippen MR) is 35.7 cm³/mol. The minimum absolute atomic E-state index is 0.322. The Kier molecular flexibility index (Phi) is 2.54. The van der Waals surface area contributed by atoms with Crippen molar-refractivity contribution in [3.05, 3.63) is 12.8 Å². The lowest BCUT2D eigenvalue weighted by Crippen LogP contribution is -2.22. The normalized spacial score (nSPS) is 26.0. The molecule has 52 valence electrons. The highest BCUT2D eigenvalue weighted by Gasteiger charge is 2.13. The predicted octanol–water partition coefficient (Wildman–Crippen LogP) is 0.0130. The highest BCUT2D eigenvalue weighted by atomic mass is 16.7. The van der Waals surface area contributed by atoms with Crippen LogP contribution in [0.3, 0.4) is 0 Å². The topological polar surface area (TPSA) is 33.3 Å². The van der Waals surface area contributed by atoms with E-state index in [1.165, 1.54) is 0 Å². The van der Waals surface area contributed by atoms with Crippen LogP contribution >= 0.6 is 0 Å². The molecule has 0 aromatic heterocycles. The van der Waals surface area contributed by atoms with Crippen LogP contribution in [0.5, 0.6) is 0 Å². The summed E-state index contributed by atoms with van der Waals surface area (Å²) in [6, 6.07) is 0. The standard InChI is InChI=1S/C6H12N2O/c1-2-8-9-6-3-4-7-5-6/h2,6-8H,1,3-5H2. The summed E-state index contributed by atoms with van der Waals surface area (Å²) in [5.41, 5.74) is 2.61. The van der Waals surface area contributed by atoms with Crippen molar-refractivity contribution in [3.63, 3.8) is 0 Å². The van der Waals surface area contributed by atoms with E-state index in [4.69, 9.17) is 4.84 Å². The number of nitrogens with one attached hydrogen (secondary N) is 2. The van der Waals surface area contributed by atoms with Gasteiger partial charge in [0.1, 0.15) is 0 Å². The van der Waals surface area contributed by atoms with E-state index >= 15 is 0 Å². The first-order chi connectivity index (χ1) is 4.43. The van der Waals surface area contributed by atoms with Gasteiger partial charge in [0.15, 0.2) is 0 Å². The van der Waals surface area contributed by atoms with E-state index in [1.54, 1.807) is 6.20 Å². The molecule has 1 atom stereocenters. The molecule has 0 aromatic rings. The molecular formula is C6H12N2O. The molecular weight excluding hydrogens is 116 g/mol. The van der Waals surface area contributed by atoms with E-state index in [2.05, 4.69) is 17.4 Å². The van der Waals surface area contributed by atoms with Crippen molar-refractivity contribution >= 4 is 0 Å². The maximum Gasteiger partial charge on any atom is 0.0989 e. The second-order valence-corrected chi connectivity index (χ2v) is 2.05. The van der Waals surface area contributed by atoms with Gasteiger partial charge in [0.05, 0.1) is 6.10 Å². The van der Waals surface area contributed by atoms with Gasteiger partial charge in [-0.2, -0.15) is 0 Å². The van der Waals surface area contributed by atoms with Gasteiger partial charge in [-0.25, -0.2) is 0 Å². The fraction of sp³-hybridized carbons (Fsp3) is 0.667. The molecule has 1 fully saturated rings. The lowest BCUT2D eigenvalue weighted by molar-refractivity contribution is 0.0114. The van der Waals surface area contributed by atoms with Gasteiger partial charge in [-0.15, -0.1) is 0 Å². The van der Waals surface area contributed by atoms with Crippen LogP contribution < -0.4 is 10.8 Å². The molecule has 1 aliphatic heterocycles. The second-order valence-electron chi connectivity index (χ2n) is 2.05. The van der Waals surface area contributed by atoms with Crippen molar-refractivity contribution in [3.8, 4) is 0 Å². The summed E-state index contributed by atoms with van der Waals surface area (Å²) in [4.78, 5) is 5.12. The molecule has 3 nitrogen and oxygen atoms in total. The third-order valence-corrected chi connectivity index (χ3v) is 1.33. The zero-order chi connectivity index (χ0) is 6.53. The molecule has 3 heteroatoms. The molecule has 1 rings (SSSR count). The average Bonchev–Trinajstić information content (AvgIpc) is 2.34. The van der Waals surface area contributed by atoms with Gasteiger partial charge in [-0.05, 0) is 13.0 Å². The molecule has 0 aromatic carbocycles. The van der Waals surface area contributed by atoms with E-state index in [-0.39, 0.29) is 0 Å². The van der Waals surface area contributed by atoms with Crippen LogP contribution in [0.25, 0.3) is 0 Å². The Balaban J connectivity index is 2.04. The van der Waals surface area contributed by atoms with Crippen molar-refractivity contribution in [2.24, 2.45) is 0 Å². The summed E-state index contributed by atoms with van der Waals surface area (Å²) in [6.07, 6.45) is 2.95. The van der Waals surface area contributed by atoms with Crippen LogP contribution in [-0.4, -0.2) is 19.2 Å². The zero-order valence-corrected chi connectivity index (χ0v) is 5.39. The maximum absolute atomic E-state index is 5.12. The molecule has 1 unspecified atom stereocenters. The third-order valence-electron chi connectivity index (χ3n) is 1.33. The summed E-state index contributed by atoms with van der Waals surface area (Å²) in [7, 11) is 0. The quantitative estimate of drug-likeness (QED) is 0.525. The lowest BCUT2D eigenvalue weighted by Gasteiger charge is -2.07. The molecule has 1 saturated heterocycles. The Hall–Kier alpha value is -0.540. The Bertz CT molecular complexity index is 89.1. The maximum atomic E-state index is 5.12. The summed E-state index contributed by atoms with van der Waals surface area (Å²) in [6.45, 7) is 5.47. The van der Waals surface area contributed by atoms with Crippen molar-refractivity contribution in [1.29, 1.82) is 0 Å². The van der Waals surface area contributed by atoms with Gasteiger partial charge in [0.2, 0.25) is 0 Å². The number of rotatable bonds is 3. The zero-order valence-electron chi connectivity index (χ0n) is 5.39. The SMILES string of the molecule is C=CNOC1CCNC1. The first-order valence-electron chi connectivity index (χ1n) is 3.16. The van der Waals surface area contributed by atoms with Crippen molar-refractivity contribution < 1.29 is 4.84 Å². The van der Waals surface area contributed by atoms with E-state index in [0.29, 0.717) is 6.10 Å². The Morgan fingerprint density at radius 3 is 3.22 bits per heavy atom. The third kappa shape index (κ3) is 2.03. The fourth-order valence-corrected chi connectivity index (χ4v) is 0.873. The van der Waals surface area contributed by atoms with Crippen molar-refractivity contribution in [2.45, 2.75) is 12.5 Å². The molecule has 0 spiro atoms. The lowest BCUT2D eigenvalue weighted by atomic mass is 10.3. The van der Waals surface area contributed by atoms with Crippen molar-refractivity contribution in [2.75, 3.05) is 13.1 Å². The average molecular weight is 128 g/mol. The summed E-state index contributed by atoms with van der Waals surface area (Å²) >= 11 is 0. The van der Waals surface area contributed by atoms with E-state index in [1.807, 2.05) is 0 Å². The van der Waals surface area contributed by atoms with E-state index in [0.717, 1.165) is 19.5 Å². The van der Waals surface area contributed by atoms with E-state index < -0.39 is 0 Å². The molecule has 2 N–H and O–H groups in total. The molecule has 0 amide bonds. The van der Waals surface area contributed by atoms with Crippen LogP contribution in [0.2, 0.25) is 0 Å². The molecule has 0 aliphatic carbocycles. The monoisotopic (exact) mass is 128 g/mol. The number of hydrogen-bond donors (Lipinski definition) is 2. The molecule has 0 bridgehead atoms. The van der Waals surface area contributed by atoms with Crippen LogP contribution in [0.15, 0.2) is 12.8 Å². The Labute approximate surface area is 55.0 Å². The first-order valence-corrected chi connectivity index (χ1v) is 3.16. The highest BCUT2D eigenvalue weighted by Crippen LogP contribution is 1.99. The Morgan fingerprint density at radius 2 is 2.67 bits per heavy atom. The van der Waals surface area contributed by atoms with Gasteiger partial charge >= 0.3 is 0 Å². The van der Waals surface area contributed by atoms with Gasteiger partial charge in [-0.1, -0.05) is 6.58 Å². The summed E-state index contributed by atoms with van der Waals surface area (Å²) in [5, 5.41) is 3.18. The number of hydrogen-bond acceptors (Lipinski definition) is 3. The highest BCUT2D eigenvalue weighted by molar-refractivity contribution is 4.70. The fourth-order valence-electron chi connectivity index (χ4n) is 0.873. The largest absolute Gasteiger partial charge is 0.314 e. The molecule has 1 aliphatic rings. The summed E-state index contributed by atoms with van der Waals surface area (Å²) in [5.74, 6) is 0. The summed E-state index contributed by atoms with van der Waals surface area (Å²) < 4.78 is 0. The molecule has 0 saturated carbocycles. The number of hydroxylamine groups is 1. The van der Waals surface area contributed by atoms with Crippen LogP contribution in [-0.2, 0) is 4.84 Å². The second kappa shape index (κ2) is 3.48. The minimum atomic E-state index is 0.322.